The summed E-state index contributed by atoms with van der Waals surface area (Å²) >= 11 is 3.28. The van der Waals surface area contributed by atoms with E-state index in [1.807, 2.05) is 0 Å². The van der Waals surface area contributed by atoms with Gasteiger partial charge < -0.3 is 0 Å². The second-order valence-electron chi connectivity index (χ2n) is 2.27. The van der Waals surface area contributed by atoms with Crippen molar-refractivity contribution in [2.45, 2.75) is 19.3 Å². The molecule has 0 rings (SSSR count). The van der Waals surface area contributed by atoms with Crippen LogP contribution in [-0.4, -0.2) is 26.5 Å². The van der Waals surface area contributed by atoms with E-state index in [1.165, 1.54) is 7.05 Å². The maximum absolute atomic E-state index is 10.8. The van der Waals surface area contributed by atoms with Gasteiger partial charge in [0.2, 0.25) is 10.0 Å². The lowest BCUT2D eigenvalue weighted by atomic mass is 10.3. The fourth-order valence-corrected chi connectivity index (χ4v) is 1.85. The Morgan fingerprint density at radius 3 is 2.36 bits per heavy atom. The number of alkyl halides is 1. The number of nitrogens with one attached hydrogen (secondary N) is 1. The van der Waals surface area contributed by atoms with Crippen LogP contribution in [0.4, 0.5) is 0 Å². The Labute approximate surface area is 76.7 Å². The smallest absolute Gasteiger partial charge is 0.211 e. The van der Waals surface area contributed by atoms with Crippen LogP contribution in [0.15, 0.2) is 0 Å². The second-order valence-corrected chi connectivity index (χ2v) is 5.11. The molecular formula is C6H14BrNO2S. The normalized spacial score (nSPS) is 11.8. The molecule has 3 nitrogen and oxygen atoms in total. The average Bonchev–Trinajstić information content (AvgIpc) is 1.99. The molecule has 0 aromatic carbocycles. The molecule has 0 radical (unpaired) electrons. The van der Waals surface area contributed by atoms with Crippen molar-refractivity contribution in [3.8, 4) is 0 Å². The highest BCUT2D eigenvalue weighted by Gasteiger charge is 2.04. The number of hydrogen-bond acceptors (Lipinski definition) is 2. The minimum Gasteiger partial charge on any atom is -0.218 e. The van der Waals surface area contributed by atoms with Gasteiger partial charge in [-0.25, -0.2) is 13.1 Å². The number of rotatable bonds is 6. The summed E-state index contributed by atoms with van der Waals surface area (Å²) < 4.78 is 24.0. The van der Waals surface area contributed by atoms with Crippen molar-refractivity contribution in [1.82, 2.24) is 4.72 Å². The summed E-state index contributed by atoms with van der Waals surface area (Å²) in [6.45, 7) is 0. The lowest BCUT2D eigenvalue weighted by molar-refractivity contribution is 0.583. The first kappa shape index (κ1) is 11.4. The van der Waals surface area contributed by atoms with Gasteiger partial charge >= 0.3 is 0 Å². The number of sulfonamides is 1. The van der Waals surface area contributed by atoms with E-state index in [4.69, 9.17) is 0 Å². The highest BCUT2D eigenvalue weighted by Crippen LogP contribution is 2.00. The summed E-state index contributed by atoms with van der Waals surface area (Å²) in [5.41, 5.74) is 0. The molecule has 0 amide bonds. The molecule has 11 heavy (non-hydrogen) atoms. The fraction of sp³-hybridized carbons (Fsp3) is 1.00. The molecule has 0 unspecified atom stereocenters. The van der Waals surface area contributed by atoms with Crippen LogP contribution in [0.1, 0.15) is 19.3 Å². The van der Waals surface area contributed by atoms with Gasteiger partial charge in [-0.15, -0.1) is 0 Å². The Morgan fingerprint density at radius 2 is 1.91 bits per heavy atom. The third kappa shape index (κ3) is 6.77. The van der Waals surface area contributed by atoms with E-state index in [1.54, 1.807) is 0 Å². The largest absolute Gasteiger partial charge is 0.218 e. The lowest BCUT2D eigenvalue weighted by Crippen LogP contribution is -2.21. The van der Waals surface area contributed by atoms with Crippen molar-refractivity contribution in [3.05, 3.63) is 0 Å². The summed E-state index contributed by atoms with van der Waals surface area (Å²) in [4.78, 5) is 0. The van der Waals surface area contributed by atoms with Gasteiger partial charge in [0.25, 0.3) is 0 Å². The monoisotopic (exact) mass is 243 g/mol. The molecule has 0 aromatic heterocycles. The zero-order valence-electron chi connectivity index (χ0n) is 6.64. The highest BCUT2D eigenvalue weighted by molar-refractivity contribution is 9.09. The van der Waals surface area contributed by atoms with Crippen LogP contribution in [0.3, 0.4) is 0 Å². The lowest BCUT2D eigenvalue weighted by Gasteiger charge is -2.00. The third-order valence-corrected chi connectivity index (χ3v) is 3.37. The molecule has 0 saturated carbocycles. The van der Waals surface area contributed by atoms with Crippen LogP contribution >= 0.6 is 15.9 Å². The van der Waals surface area contributed by atoms with Gasteiger partial charge in [0.05, 0.1) is 5.75 Å². The molecule has 0 saturated heterocycles. The molecule has 0 heterocycles. The summed E-state index contributed by atoms with van der Waals surface area (Å²) in [5, 5.41) is 0.951. The molecule has 0 spiro atoms. The Morgan fingerprint density at radius 1 is 1.27 bits per heavy atom. The van der Waals surface area contributed by atoms with E-state index in [2.05, 4.69) is 20.7 Å². The van der Waals surface area contributed by atoms with Gasteiger partial charge in [0.1, 0.15) is 0 Å². The predicted molar refractivity (Wildman–Crippen MR) is 50.5 cm³/mol. The zero-order valence-corrected chi connectivity index (χ0v) is 9.04. The minimum atomic E-state index is -2.97. The van der Waals surface area contributed by atoms with Gasteiger partial charge in [0.15, 0.2) is 0 Å². The van der Waals surface area contributed by atoms with Crippen molar-refractivity contribution < 1.29 is 8.42 Å². The van der Waals surface area contributed by atoms with Crippen molar-refractivity contribution in [3.63, 3.8) is 0 Å². The zero-order chi connectivity index (χ0) is 8.74. The van der Waals surface area contributed by atoms with Crippen LogP contribution in [0.25, 0.3) is 0 Å². The maximum Gasteiger partial charge on any atom is 0.211 e. The maximum atomic E-state index is 10.8. The van der Waals surface area contributed by atoms with Crippen LogP contribution in [0.2, 0.25) is 0 Å². The first-order chi connectivity index (χ1) is 5.12. The third-order valence-electron chi connectivity index (χ3n) is 1.36. The first-order valence-corrected chi connectivity index (χ1v) is 6.37. The van der Waals surface area contributed by atoms with Crippen molar-refractivity contribution in [2.24, 2.45) is 0 Å². The van der Waals surface area contributed by atoms with Gasteiger partial charge in [-0.1, -0.05) is 22.4 Å². The average molecular weight is 244 g/mol. The first-order valence-electron chi connectivity index (χ1n) is 3.59. The number of unbranched alkanes of at least 4 members (excludes halogenated alkanes) is 2. The van der Waals surface area contributed by atoms with Crippen molar-refractivity contribution in [1.29, 1.82) is 0 Å². The van der Waals surface area contributed by atoms with Crippen LogP contribution in [0, 0.1) is 0 Å². The number of halogens is 1. The summed E-state index contributed by atoms with van der Waals surface area (Å²) in [5.74, 6) is 0.247. The van der Waals surface area contributed by atoms with Gasteiger partial charge in [-0.05, 0) is 19.9 Å². The van der Waals surface area contributed by atoms with Crippen molar-refractivity contribution >= 4 is 26.0 Å². The van der Waals surface area contributed by atoms with E-state index in [0.29, 0.717) is 0 Å². The van der Waals surface area contributed by atoms with Gasteiger partial charge in [0, 0.05) is 5.33 Å². The Hall–Kier alpha value is 0.390. The van der Waals surface area contributed by atoms with E-state index < -0.39 is 10.0 Å². The molecule has 0 atom stereocenters. The van der Waals surface area contributed by atoms with Gasteiger partial charge in [-0.2, -0.15) is 0 Å². The molecule has 1 N–H and O–H groups in total. The van der Waals surface area contributed by atoms with Gasteiger partial charge in [-0.3, -0.25) is 0 Å². The number of hydrogen-bond donors (Lipinski definition) is 1. The van der Waals surface area contributed by atoms with Crippen LogP contribution in [0.5, 0.6) is 0 Å². The summed E-state index contributed by atoms with van der Waals surface area (Å²) in [7, 11) is -1.52. The SMILES string of the molecule is CNS(=O)(=O)CCCCCBr. The summed E-state index contributed by atoms with van der Waals surface area (Å²) in [6.07, 6.45) is 2.75. The van der Waals surface area contributed by atoms with Crippen LogP contribution in [-0.2, 0) is 10.0 Å². The molecular weight excluding hydrogens is 230 g/mol. The van der Waals surface area contributed by atoms with E-state index >= 15 is 0 Å². The molecule has 0 fully saturated rings. The summed E-state index contributed by atoms with van der Waals surface area (Å²) in [6, 6.07) is 0. The van der Waals surface area contributed by atoms with Crippen LogP contribution < -0.4 is 4.72 Å². The Kier molecular flexibility index (Phi) is 6.18. The fourth-order valence-electron chi connectivity index (χ4n) is 0.665. The quantitative estimate of drug-likeness (QED) is 0.561. The minimum absolute atomic E-state index is 0.247. The Balaban J connectivity index is 3.39. The molecule has 5 heteroatoms. The van der Waals surface area contributed by atoms with E-state index in [-0.39, 0.29) is 5.75 Å². The van der Waals surface area contributed by atoms with E-state index in [9.17, 15) is 8.42 Å². The topological polar surface area (TPSA) is 46.2 Å². The Bertz CT molecular complexity index is 179. The van der Waals surface area contributed by atoms with Crippen molar-refractivity contribution in [2.75, 3.05) is 18.1 Å². The second kappa shape index (κ2) is 5.97. The molecule has 0 bridgehead atoms. The standard InChI is InChI=1S/C6H14BrNO2S/c1-8-11(9,10)6-4-2-3-5-7/h8H,2-6H2,1H3. The van der Waals surface area contributed by atoms with E-state index in [0.717, 1.165) is 24.6 Å². The molecule has 0 aliphatic rings. The highest BCUT2D eigenvalue weighted by atomic mass is 79.9. The predicted octanol–water partition coefficient (Wildman–Crippen LogP) is 1.10. The molecule has 0 aromatic rings. The molecule has 0 aliphatic heterocycles. The molecule has 0 aliphatic carbocycles. The molecule has 68 valence electrons.